The monoisotopic (exact) mass is 342 g/mol. The lowest BCUT2D eigenvalue weighted by Gasteiger charge is -2.25. The molecule has 0 aliphatic carbocycles. The van der Waals surface area contributed by atoms with Gasteiger partial charge in [-0.1, -0.05) is 32.0 Å². The number of hydrogen-bond acceptors (Lipinski definition) is 2. The zero-order chi connectivity index (χ0) is 17.7. The zero-order valence-corrected chi connectivity index (χ0v) is 15.8. The molecule has 0 unspecified atom stereocenters. The molecule has 2 N–H and O–H groups in total. The van der Waals surface area contributed by atoms with Gasteiger partial charge in [0.2, 0.25) is 0 Å². The lowest BCUT2D eigenvalue weighted by Crippen LogP contribution is -2.34. The zero-order valence-electron chi connectivity index (χ0n) is 15.0. The maximum atomic E-state index is 5.51. The summed E-state index contributed by atoms with van der Waals surface area (Å²) in [4.78, 5) is 0. The van der Waals surface area contributed by atoms with E-state index in [2.05, 4.69) is 62.6 Å². The van der Waals surface area contributed by atoms with E-state index in [0.29, 0.717) is 11.0 Å². The maximum absolute atomic E-state index is 5.51. The van der Waals surface area contributed by atoms with Gasteiger partial charge in [-0.05, 0) is 72.9 Å². The number of anilines is 1. The van der Waals surface area contributed by atoms with Crippen molar-refractivity contribution in [2.24, 2.45) is 5.92 Å². The predicted octanol–water partition coefficient (Wildman–Crippen LogP) is 5.00. The molecule has 24 heavy (non-hydrogen) atoms. The van der Waals surface area contributed by atoms with E-state index in [4.69, 9.17) is 17.0 Å². The number of thiocarbonyl (C=S) groups is 1. The van der Waals surface area contributed by atoms with Gasteiger partial charge >= 0.3 is 0 Å². The largest absolute Gasteiger partial charge is 0.497 e. The number of nitrogens with one attached hydrogen (secondary N) is 2. The average molecular weight is 343 g/mol. The first-order chi connectivity index (χ1) is 11.4. The average Bonchev–Trinajstić information content (AvgIpc) is 2.56. The lowest BCUT2D eigenvalue weighted by molar-refractivity contribution is 0.413. The van der Waals surface area contributed by atoms with Crippen LogP contribution in [-0.2, 0) is 0 Å². The minimum Gasteiger partial charge on any atom is -0.497 e. The maximum Gasteiger partial charge on any atom is 0.171 e. The summed E-state index contributed by atoms with van der Waals surface area (Å²) in [5, 5.41) is 7.35. The minimum atomic E-state index is 0.141. The van der Waals surface area contributed by atoms with Crippen molar-refractivity contribution in [3.8, 4) is 5.75 Å². The van der Waals surface area contributed by atoms with Crippen LogP contribution < -0.4 is 15.4 Å². The van der Waals surface area contributed by atoms with Crippen LogP contribution in [0.15, 0.2) is 42.5 Å². The van der Waals surface area contributed by atoms with Gasteiger partial charge in [-0.2, -0.15) is 0 Å². The van der Waals surface area contributed by atoms with Crippen LogP contribution in [0.5, 0.6) is 5.75 Å². The van der Waals surface area contributed by atoms with Crippen LogP contribution in [0.4, 0.5) is 5.69 Å². The van der Waals surface area contributed by atoms with Crippen molar-refractivity contribution in [3.63, 3.8) is 0 Å². The Hall–Kier alpha value is -2.07. The Balaban J connectivity index is 2.08. The Kier molecular flexibility index (Phi) is 6.21. The molecule has 0 amide bonds. The van der Waals surface area contributed by atoms with Crippen molar-refractivity contribution in [1.82, 2.24) is 5.32 Å². The van der Waals surface area contributed by atoms with Crippen molar-refractivity contribution in [2.45, 2.75) is 33.7 Å². The SMILES string of the molecule is COc1ccc([C@H](NC(=S)Nc2ccc(C)c(C)c2)C(C)C)cc1. The van der Waals surface area contributed by atoms with Crippen LogP contribution in [0, 0.1) is 19.8 Å². The molecule has 0 aliphatic rings. The van der Waals surface area contributed by atoms with Crippen LogP contribution in [0.25, 0.3) is 0 Å². The Morgan fingerprint density at radius 2 is 1.67 bits per heavy atom. The third-order valence-corrected chi connectivity index (χ3v) is 4.41. The van der Waals surface area contributed by atoms with E-state index in [0.717, 1.165) is 11.4 Å². The molecule has 0 heterocycles. The van der Waals surface area contributed by atoms with E-state index in [1.807, 2.05) is 18.2 Å². The molecule has 1 atom stereocenters. The highest BCUT2D eigenvalue weighted by atomic mass is 32.1. The standard InChI is InChI=1S/C20H26N2OS/c1-13(2)19(16-7-10-18(23-5)11-8-16)22-20(24)21-17-9-6-14(3)15(4)12-17/h6-13,19H,1-5H3,(H2,21,22,24)/t19-/m1/s1. The third-order valence-electron chi connectivity index (χ3n) is 4.19. The molecular formula is C20H26N2OS. The van der Waals surface area contributed by atoms with Gasteiger partial charge in [0.1, 0.15) is 5.75 Å². The first kappa shape index (κ1) is 18.3. The van der Waals surface area contributed by atoms with Gasteiger partial charge < -0.3 is 15.4 Å². The highest BCUT2D eigenvalue weighted by molar-refractivity contribution is 7.80. The van der Waals surface area contributed by atoms with E-state index in [1.165, 1.54) is 16.7 Å². The molecule has 4 heteroatoms. The van der Waals surface area contributed by atoms with Crippen molar-refractivity contribution < 1.29 is 4.74 Å². The summed E-state index contributed by atoms with van der Waals surface area (Å²) in [6, 6.07) is 14.5. The topological polar surface area (TPSA) is 33.3 Å². The van der Waals surface area contributed by atoms with Crippen LogP contribution in [0.2, 0.25) is 0 Å². The molecule has 0 saturated carbocycles. The predicted molar refractivity (Wildman–Crippen MR) is 106 cm³/mol. The summed E-state index contributed by atoms with van der Waals surface area (Å²) in [5.41, 5.74) is 4.72. The van der Waals surface area contributed by atoms with Gasteiger partial charge in [0.05, 0.1) is 13.2 Å². The quantitative estimate of drug-likeness (QED) is 0.750. The number of ether oxygens (including phenoxy) is 1. The number of benzene rings is 2. The van der Waals surface area contributed by atoms with Crippen LogP contribution >= 0.6 is 12.2 Å². The summed E-state index contributed by atoms with van der Waals surface area (Å²) in [7, 11) is 1.68. The van der Waals surface area contributed by atoms with Crippen molar-refractivity contribution >= 4 is 23.0 Å². The van der Waals surface area contributed by atoms with Gasteiger partial charge in [0.25, 0.3) is 0 Å². The number of rotatable bonds is 5. The van der Waals surface area contributed by atoms with Gasteiger partial charge in [-0.25, -0.2) is 0 Å². The highest BCUT2D eigenvalue weighted by Crippen LogP contribution is 2.24. The summed E-state index contributed by atoms with van der Waals surface area (Å²) < 4.78 is 5.23. The second kappa shape index (κ2) is 8.15. The number of methoxy groups -OCH3 is 1. The molecule has 3 nitrogen and oxygen atoms in total. The van der Waals surface area contributed by atoms with Crippen LogP contribution in [0.3, 0.4) is 0 Å². The molecule has 128 valence electrons. The van der Waals surface area contributed by atoms with Gasteiger partial charge in [-0.15, -0.1) is 0 Å². The summed E-state index contributed by atoms with van der Waals surface area (Å²) in [5.74, 6) is 1.26. The Morgan fingerprint density at radius 1 is 1.00 bits per heavy atom. The number of aryl methyl sites for hydroxylation is 2. The second-order valence-corrected chi connectivity index (χ2v) is 6.80. The smallest absolute Gasteiger partial charge is 0.171 e. The fourth-order valence-electron chi connectivity index (χ4n) is 2.57. The molecule has 2 aromatic rings. The number of hydrogen-bond donors (Lipinski definition) is 2. The van der Waals surface area contributed by atoms with Gasteiger partial charge in [0.15, 0.2) is 5.11 Å². The summed E-state index contributed by atoms with van der Waals surface area (Å²) in [6.45, 7) is 8.57. The van der Waals surface area contributed by atoms with E-state index in [9.17, 15) is 0 Å². The molecule has 0 fully saturated rings. The fourth-order valence-corrected chi connectivity index (χ4v) is 2.82. The lowest BCUT2D eigenvalue weighted by atomic mass is 9.96. The first-order valence-electron chi connectivity index (χ1n) is 8.19. The molecule has 0 spiro atoms. The second-order valence-electron chi connectivity index (χ2n) is 6.39. The van der Waals surface area contributed by atoms with Crippen LogP contribution in [-0.4, -0.2) is 12.2 Å². The molecule has 0 radical (unpaired) electrons. The van der Waals surface area contributed by atoms with E-state index in [-0.39, 0.29) is 6.04 Å². The molecule has 0 bridgehead atoms. The summed E-state index contributed by atoms with van der Waals surface area (Å²) >= 11 is 5.51. The Bertz CT molecular complexity index is 695. The molecular weight excluding hydrogens is 316 g/mol. The Morgan fingerprint density at radius 3 is 2.21 bits per heavy atom. The fraction of sp³-hybridized carbons (Fsp3) is 0.350. The van der Waals surface area contributed by atoms with Crippen molar-refractivity contribution in [2.75, 3.05) is 12.4 Å². The molecule has 0 aliphatic heterocycles. The molecule has 2 rings (SSSR count). The normalized spacial score (nSPS) is 11.9. The minimum absolute atomic E-state index is 0.141. The highest BCUT2D eigenvalue weighted by Gasteiger charge is 2.17. The van der Waals surface area contributed by atoms with Gasteiger partial charge in [0, 0.05) is 5.69 Å². The van der Waals surface area contributed by atoms with E-state index < -0.39 is 0 Å². The molecule has 0 aromatic heterocycles. The van der Waals surface area contributed by atoms with E-state index in [1.54, 1.807) is 7.11 Å². The van der Waals surface area contributed by atoms with Crippen LogP contribution in [0.1, 0.15) is 36.6 Å². The van der Waals surface area contributed by atoms with Crippen molar-refractivity contribution in [1.29, 1.82) is 0 Å². The molecule has 0 saturated heterocycles. The summed E-state index contributed by atoms with van der Waals surface area (Å²) in [6.07, 6.45) is 0. The first-order valence-corrected chi connectivity index (χ1v) is 8.60. The third kappa shape index (κ3) is 4.71. The van der Waals surface area contributed by atoms with Crippen molar-refractivity contribution in [3.05, 3.63) is 59.2 Å². The van der Waals surface area contributed by atoms with E-state index >= 15 is 0 Å². The Labute approximate surface area is 150 Å². The molecule has 2 aromatic carbocycles. The van der Waals surface area contributed by atoms with Gasteiger partial charge in [-0.3, -0.25) is 0 Å².